The van der Waals surface area contributed by atoms with Gasteiger partial charge < -0.3 is 14.8 Å². The van der Waals surface area contributed by atoms with Crippen molar-refractivity contribution in [3.05, 3.63) is 23.8 Å². The number of hydrogen-bond donors (Lipinski definition) is 1. The lowest BCUT2D eigenvalue weighted by atomic mass is 10.1. The molecule has 0 amide bonds. The van der Waals surface area contributed by atoms with Crippen molar-refractivity contribution >= 4 is 5.69 Å². The zero-order valence-electron chi connectivity index (χ0n) is 11.5. The first kappa shape index (κ1) is 13.2. The van der Waals surface area contributed by atoms with Gasteiger partial charge in [0.15, 0.2) is 0 Å². The molecule has 0 spiro atoms. The van der Waals surface area contributed by atoms with Crippen molar-refractivity contribution in [2.75, 3.05) is 25.6 Å². The van der Waals surface area contributed by atoms with Gasteiger partial charge in [0.2, 0.25) is 0 Å². The fraction of sp³-hybridized carbons (Fsp3) is 0.600. The Kier molecular flexibility index (Phi) is 4.48. The number of nitrogens with one attached hydrogen (secondary N) is 1. The van der Waals surface area contributed by atoms with Gasteiger partial charge in [-0.05, 0) is 50.3 Å². The van der Waals surface area contributed by atoms with Crippen molar-refractivity contribution in [1.82, 2.24) is 0 Å². The van der Waals surface area contributed by atoms with Crippen LogP contribution in [0.5, 0.6) is 5.75 Å². The molecule has 1 aliphatic rings. The zero-order valence-corrected chi connectivity index (χ0v) is 11.5. The van der Waals surface area contributed by atoms with E-state index in [0.717, 1.165) is 24.0 Å². The lowest BCUT2D eigenvalue weighted by Crippen LogP contribution is -2.27. The second-order valence-corrected chi connectivity index (χ2v) is 4.98. The summed E-state index contributed by atoms with van der Waals surface area (Å²) in [6.45, 7) is 5.54. The molecule has 0 radical (unpaired) electrons. The molecule has 1 atom stereocenters. The normalized spacial score (nSPS) is 16.4. The first-order valence-electron chi connectivity index (χ1n) is 6.73. The van der Waals surface area contributed by atoms with E-state index in [0.29, 0.717) is 12.6 Å². The summed E-state index contributed by atoms with van der Waals surface area (Å²) in [5, 5.41) is 3.57. The van der Waals surface area contributed by atoms with Crippen molar-refractivity contribution in [3.63, 3.8) is 0 Å². The van der Waals surface area contributed by atoms with Gasteiger partial charge in [-0.3, -0.25) is 0 Å². The summed E-state index contributed by atoms with van der Waals surface area (Å²) in [6, 6.07) is 6.70. The van der Waals surface area contributed by atoms with Crippen LogP contribution < -0.4 is 10.1 Å². The molecule has 1 unspecified atom stereocenters. The number of hydrogen-bond acceptors (Lipinski definition) is 3. The molecule has 0 bridgehead atoms. The molecule has 2 rings (SSSR count). The summed E-state index contributed by atoms with van der Waals surface area (Å²) in [5.41, 5.74) is 2.30. The number of benzene rings is 1. The van der Waals surface area contributed by atoms with Crippen molar-refractivity contribution < 1.29 is 9.47 Å². The maximum Gasteiger partial charge on any atom is 0.142 e. The molecule has 0 saturated heterocycles. The van der Waals surface area contributed by atoms with Gasteiger partial charge in [-0.25, -0.2) is 0 Å². The van der Waals surface area contributed by atoms with E-state index in [1.807, 2.05) is 6.92 Å². The number of methoxy groups -OCH3 is 1. The van der Waals surface area contributed by atoms with Crippen LogP contribution in [0.1, 0.15) is 25.3 Å². The van der Waals surface area contributed by atoms with E-state index in [2.05, 4.69) is 30.4 Å². The van der Waals surface area contributed by atoms with E-state index in [9.17, 15) is 0 Å². The number of ether oxygens (including phenoxy) is 2. The summed E-state index contributed by atoms with van der Waals surface area (Å²) >= 11 is 0. The van der Waals surface area contributed by atoms with Crippen LogP contribution in [-0.4, -0.2) is 26.4 Å². The van der Waals surface area contributed by atoms with E-state index in [1.54, 1.807) is 7.11 Å². The molecule has 0 aromatic heterocycles. The van der Waals surface area contributed by atoms with Crippen LogP contribution >= 0.6 is 0 Å². The van der Waals surface area contributed by atoms with Crippen molar-refractivity contribution in [1.29, 1.82) is 0 Å². The molecule has 18 heavy (non-hydrogen) atoms. The Morgan fingerprint density at radius 2 is 2.17 bits per heavy atom. The van der Waals surface area contributed by atoms with E-state index >= 15 is 0 Å². The third kappa shape index (κ3) is 3.39. The Bertz CT molecular complexity index is 388. The maximum absolute atomic E-state index is 5.69. The van der Waals surface area contributed by atoms with E-state index in [4.69, 9.17) is 9.47 Å². The van der Waals surface area contributed by atoms with E-state index in [1.165, 1.54) is 18.4 Å². The molecule has 1 saturated carbocycles. The Hall–Kier alpha value is -1.22. The predicted octanol–water partition coefficient (Wildman–Crippen LogP) is 3.23. The molecule has 1 aromatic rings. The highest BCUT2D eigenvalue weighted by Gasteiger charge is 2.31. The SMILES string of the molecule is CCOc1cc(C)ccc1NC(COC)C1CC1. The van der Waals surface area contributed by atoms with Crippen molar-refractivity contribution in [3.8, 4) is 5.75 Å². The van der Waals surface area contributed by atoms with E-state index in [-0.39, 0.29) is 0 Å². The molecule has 1 aromatic carbocycles. The van der Waals surface area contributed by atoms with Crippen LogP contribution in [0.3, 0.4) is 0 Å². The molecule has 3 heteroatoms. The van der Waals surface area contributed by atoms with Crippen LogP contribution in [0, 0.1) is 12.8 Å². The van der Waals surface area contributed by atoms with Gasteiger partial charge in [0.05, 0.1) is 24.9 Å². The lowest BCUT2D eigenvalue weighted by Gasteiger charge is -2.21. The van der Waals surface area contributed by atoms with Gasteiger partial charge >= 0.3 is 0 Å². The first-order valence-corrected chi connectivity index (χ1v) is 6.73. The average molecular weight is 249 g/mol. The molecule has 1 N–H and O–H groups in total. The van der Waals surface area contributed by atoms with Gasteiger partial charge in [0.1, 0.15) is 5.75 Å². The largest absolute Gasteiger partial charge is 0.492 e. The van der Waals surface area contributed by atoms with Gasteiger partial charge in [-0.15, -0.1) is 0 Å². The summed E-state index contributed by atoms with van der Waals surface area (Å²) in [4.78, 5) is 0. The number of anilines is 1. The van der Waals surface area contributed by atoms with Gasteiger partial charge in [0, 0.05) is 7.11 Å². The topological polar surface area (TPSA) is 30.5 Å². The molecular formula is C15H23NO2. The van der Waals surface area contributed by atoms with Gasteiger partial charge in [-0.1, -0.05) is 6.07 Å². The van der Waals surface area contributed by atoms with Crippen LogP contribution in [0.2, 0.25) is 0 Å². The fourth-order valence-electron chi connectivity index (χ4n) is 2.20. The third-order valence-corrected chi connectivity index (χ3v) is 3.32. The quantitative estimate of drug-likeness (QED) is 0.804. The summed E-state index contributed by atoms with van der Waals surface area (Å²) < 4.78 is 11.0. The average Bonchev–Trinajstić information content (AvgIpc) is 3.16. The molecule has 1 aliphatic carbocycles. The summed E-state index contributed by atoms with van der Waals surface area (Å²) in [5.74, 6) is 1.69. The van der Waals surface area contributed by atoms with Crippen LogP contribution in [-0.2, 0) is 4.74 Å². The Balaban J connectivity index is 2.10. The molecule has 0 aliphatic heterocycles. The highest BCUT2D eigenvalue weighted by atomic mass is 16.5. The summed E-state index contributed by atoms with van der Waals surface area (Å²) in [7, 11) is 1.76. The predicted molar refractivity (Wildman–Crippen MR) is 74.4 cm³/mol. The summed E-state index contributed by atoms with van der Waals surface area (Å²) in [6.07, 6.45) is 2.60. The number of aryl methyl sites for hydroxylation is 1. The van der Waals surface area contributed by atoms with Crippen LogP contribution in [0.4, 0.5) is 5.69 Å². The standard InChI is InChI=1S/C15H23NO2/c1-4-18-15-9-11(2)5-8-13(15)16-14(10-17-3)12-6-7-12/h5,8-9,12,14,16H,4,6-7,10H2,1-3H3. The molecule has 100 valence electrons. The minimum atomic E-state index is 0.400. The van der Waals surface area contributed by atoms with Crippen LogP contribution in [0.15, 0.2) is 18.2 Å². The Morgan fingerprint density at radius 1 is 1.39 bits per heavy atom. The number of rotatable bonds is 7. The molecular weight excluding hydrogens is 226 g/mol. The Morgan fingerprint density at radius 3 is 2.78 bits per heavy atom. The minimum Gasteiger partial charge on any atom is -0.492 e. The Labute approximate surface area is 109 Å². The van der Waals surface area contributed by atoms with Crippen molar-refractivity contribution in [2.24, 2.45) is 5.92 Å². The van der Waals surface area contributed by atoms with E-state index < -0.39 is 0 Å². The highest BCUT2D eigenvalue weighted by molar-refractivity contribution is 5.58. The maximum atomic E-state index is 5.69. The third-order valence-electron chi connectivity index (χ3n) is 3.32. The molecule has 1 fully saturated rings. The van der Waals surface area contributed by atoms with Crippen LogP contribution in [0.25, 0.3) is 0 Å². The first-order chi connectivity index (χ1) is 8.74. The second-order valence-electron chi connectivity index (χ2n) is 4.98. The molecule has 0 heterocycles. The fourth-order valence-corrected chi connectivity index (χ4v) is 2.20. The monoisotopic (exact) mass is 249 g/mol. The van der Waals surface area contributed by atoms with Gasteiger partial charge in [-0.2, -0.15) is 0 Å². The zero-order chi connectivity index (χ0) is 13.0. The highest BCUT2D eigenvalue weighted by Crippen LogP contribution is 2.36. The lowest BCUT2D eigenvalue weighted by molar-refractivity contribution is 0.179. The second kappa shape index (κ2) is 6.10. The molecule has 3 nitrogen and oxygen atoms in total. The minimum absolute atomic E-state index is 0.400. The smallest absolute Gasteiger partial charge is 0.142 e. The van der Waals surface area contributed by atoms with Crippen molar-refractivity contribution in [2.45, 2.75) is 32.7 Å². The van der Waals surface area contributed by atoms with Gasteiger partial charge in [0.25, 0.3) is 0 Å².